The van der Waals surface area contributed by atoms with Gasteiger partial charge >= 0.3 is 6.18 Å². The van der Waals surface area contributed by atoms with E-state index in [9.17, 15) is 18.0 Å². The van der Waals surface area contributed by atoms with Crippen LogP contribution in [0.5, 0.6) is 0 Å². The molecule has 0 bridgehead atoms. The smallest absolute Gasteiger partial charge is 0.377 e. The molecule has 3 unspecified atom stereocenters. The third-order valence-electron chi connectivity index (χ3n) is 5.59. The second kappa shape index (κ2) is 5.86. The van der Waals surface area contributed by atoms with Gasteiger partial charge in [-0.1, -0.05) is 25.4 Å². The fraction of sp³-hybridized carbons (Fsp3) is 0.588. The fourth-order valence-electron chi connectivity index (χ4n) is 4.09. The molecular weight excluding hydrogens is 357 g/mol. The predicted molar refractivity (Wildman–Crippen MR) is 88.2 cm³/mol. The van der Waals surface area contributed by atoms with E-state index in [0.717, 1.165) is 25.0 Å². The maximum atomic E-state index is 13.0. The molecule has 3 rings (SSSR count). The Kier molecular flexibility index (Phi) is 4.33. The minimum atomic E-state index is -4.60. The average Bonchev–Trinajstić information content (AvgIpc) is 2.54. The molecule has 8 heteroatoms. The lowest BCUT2D eigenvalue weighted by atomic mass is 9.46. The topological polar surface area (TPSA) is 64.3 Å². The first kappa shape index (κ1) is 18.5. The Labute approximate surface area is 148 Å². The maximum Gasteiger partial charge on any atom is 0.417 e. The first-order valence-electron chi connectivity index (χ1n) is 8.08. The van der Waals surface area contributed by atoms with Gasteiger partial charge in [0, 0.05) is 23.6 Å². The van der Waals surface area contributed by atoms with Crippen LogP contribution < -0.4 is 11.1 Å². The zero-order valence-corrected chi connectivity index (χ0v) is 14.7. The Morgan fingerprint density at radius 1 is 1.40 bits per heavy atom. The summed E-state index contributed by atoms with van der Waals surface area (Å²) in [6.45, 7) is 4.33. The standard InChI is InChI=1S/C17H20ClF3N2O2/c1-15(2)13-10(4-3-7-25-13)16(15,22)14(24)23-9-5-6-12(18)11(8-9)17(19,20)21/h5-6,8,10,13H,3-4,7,22H2,1-2H3,(H,23,24). The summed E-state index contributed by atoms with van der Waals surface area (Å²) in [4.78, 5) is 12.8. The van der Waals surface area contributed by atoms with Crippen molar-refractivity contribution in [2.24, 2.45) is 17.1 Å². The monoisotopic (exact) mass is 376 g/mol. The van der Waals surface area contributed by atoms with Gasteiger partial charge in [-0.2, -0.15) is 13.2 Å². The maximum absolute atomic E-state index is 13.0. The third-order valence-corrected chi connectivity index (χ3v) is 5.92. The molecule has 3 N–H and O–H groups in total. The van der Waals surface area contributed by atoms with E-state index in [0.29, 0.717) is 6.61 Å². The van der Waals surface area contributed by atoms with Crippen molar-refractivity contribution < 1.29 is 22.7 Å². The molecule has 1 saturated heterocycles. The van der Waals surface area contributed by atoms with Crippen LogP contribution in [0, 0.1) is 11.3 Å². The highest BCUT2D eigenvalue weighted by molar-refractivity contribution is 6.31. The minimum Gasteiger partial charge on any atom is -0.377 e. The normalized spacial score (nSPS) is 31.0. The van der Waals surface area contributed by atoms with E-state index in [1.54, 1.807) is 0 Å². The summed E-state index contributed by atoms with van der Waals surface area (Å²) in [7, 11) is 0. The molecular formula is C17H20ClF3N2O2. The van der Waals surface area contributed by atoms with Crippen LogP contribution in [0.15, 0.2) is 18.2 Å². The van der Waals surface area contributed by atoms with Crippen LogP contribution in [-0.2, 0) is 15.7 Å². The summed E-state index contributed by atoms with van der Waals surface area (Å²) < 4.78 is 44.7. The molecule has 1 amide bonds. The van der Waals surface area contributed by atoms with E-state index in [-0.39, 0.29) is 17.7 Å². The van der Waals surface area contributed by atoms with E-state index >= 15 is 0 Å². The van der Waals surface area contributed by atoms with E-state index in [4.69, 9.17) is 22.1 Å². The Morgan fingerprint density at radius 3 is 2.72 bits per heavy atom. The van der Waals surface area contributed by atoms with Crippen molar-refractivity contribution in [2.75, 3.05) is 11.9 Å². The van der Waals surface area contributed by atoms with Gasteiger partial charge in [-0.15, -0.1) is 0 Å². The number of carbonyl (C=O) groups excluding carboxylic acids is 1. The highest BCUT2D eigenvalue weighted by Gasteiger charge is 2.70. The molecule has 1 heterocycles. The van der Waals surface area contributed by atoms with Crippen LogP contribution in [0.3, 0.4) is 0 Å². The number of hydrogen-bond acceptors (Lipinski definition) is 3. The lowest BCUT2D eigenvalue weighted by Gasteiger charge is -2.65. The number of rotatable bonds is 2. The number of hydrogen-bond donors (Lipinski definition) is 2. The van der Waals surface area contributed by atoms with Gasteiger partial charge in [0.1, 0.15) is 5.54 Å². The van der Waals surface area contributed by atoms with E-state index in [1.807, 2.05) is 13.8 Å². The van der Waals surface area contributed by atoms with Crippen LogP contribution in [0.1, 0.15) is 32.3 Å². The number of halogens is 4. The molecule has 1 aromatic rings. The van der Waals surface area contributed by atoms with Crippen LogP contribution in [0.4, 0.5) is 18.9 Å². The quantitative estimate of drug-likeness (QED) is 0.824. The van der Waals surface area contributed by atoms with Gasteiger partial charge in [0.05, 0.1) is 16.7 Å². The van der Waals surface area contributed by atoms with Crippen molar-refractivity contribution in [3.8, 4) is 0 Å². The largest absolute Gasteiger partial charge is 0.417 e. The summed E-state index contributed by atoms with van der Waals surface area (Å²) in [5.41, 5.74) is 3.65. The first-order valence-corrected chi connectivity index (χ1v) is 8.46. The number of benzene rings is 1. The van der Waals surface area contributed by atoms with Gasteiger partial charge in [-0.25, -0.2) is 0 Å². The second-order valence-corrected chi connectivity index (χ2v) is 7.68. The van der Waals surface area contributed by atoms with Gasteiger partial charge in [-0.3, -0.25) is 4.79 Å². The minimum absolute atomic E-state index is 0.0162. The number of nitrogens with one attached hydrogen (secondary N) is 1. The molecule has 2 fully saturated rings. The number of nitrogens with two attached hydrogens (primary N) is 1. The third kappa shape index (κ3) is 2.73. The molecule has 4 nitrogen and oxygen atoms in total. The molecule has 1 aliphatic carbocycles. The van der Waals surface area contributed by atoms with Gasteiger partial charge in [-0.05, 0) is 31.0 Å². The highest BCUT2D eigenvalue weighted by atomic mass is 35.5. The Morgan fingerprint density at radius 2 is 2.08 bits per heavy atom. The Balaban J connectivity index is 1.85. The van der Waals surface area contributed by atoms with Crippen LogP contribution in [0.2, 0.25) is 5.02 Å². The average molecular weight is 377 g/mol. The number of anilines is 1. The van der Waals surface area contributed by atoms with E-state index < -0.39 is 33.6 Å². The SMILES string of the molecule is CC1(C)C2OCCCC2C1(N)C(=O)Nc1ccc(Cl)c(C(F)(F)F)c1. The van der Waals surface area contributed by atoms with Gasteiger partial charge in [0.25, 0.3) is 0 Å². The number of ether oxygens (including phenoxy) is 1. The summed E-state index contributed by atoms with van der Waals surface area (Å²) in [6, 6.07) is 3.27. The van der Waals surface area contributed by atoms with Gasteiger partial charge < -0.3 is 15.8 Å². The second-order valence-electron chi connectivity index (χ2n) is 7.28. The lowest BCUT2D eigenvalue weighted by Crippen LogP contribution is -2.81. The molecule has 3 atom stereocenters. The number of fused-ring (bicyclic) bond motifs is 1. The Bertz CT molecular complexity index is 708. The highest BCUT2D eigenvalue weighted by Crippen LogP contribution is 2.57. The molecule has 0 spiro atoms. The fourth-order valence-corrected chi connectivity index (χ4v) is 4.32. The van der Waals surface area contributed by atoms with E-state index in [2.05, 4.69) is 5.32 Å². The molecule has 0 radical (unpaired) electrons. The Hall–Kier alpha value is -1.31. The van der Waals surface area contributed by atoms with Gasteiger partial charge in [0.15, 0.2) is 0 Å². The summed E-state index contributed by atoms with van der Waals surface area (Å²) in [6.07, 6.45) is -3.15. The number of alkyl halides is 3. The van der Waals surface area contributed by atoms with Crippen molar-refractivity contribution in [1.29, 1.82) is 0 Å². The molecule has 0 aromatic heterocycles. The van der Waals surface area contributed by atoms with Crippen molar-refractivity contribution in [3.05, 3.63) is 28.8 Å². The first-order chi connectivity index (χ1) is 11.5. The van der Waals surface area contributed by atoms with Crippen molar-refractivity contribution in [3.63, 3.8) is 0 Å². The molecule has 2 aliphatic rings. The van der Waals surface area contributed by atoms with Crippen LogP contribution in [0.25, 0.3) is 0 Å². The predicted octanol–water partition coefficient (Wildman–Crippen LogP) is 3.83. The number of amides is 1. The number of carbonyl (C=O) groups is 1. The molecule has 1 aliphatic heterocycles. The van der Waals surface area contributed by atoms with Crippen molar-refractivity contribution in [2.45, 2.75) is 44.5 Å². The zero-order chi connectivity index (χ0) is 18.6. The lowest BCUT2D eigenvalue weighted by molar-refractivity contribution is -0.222. The summed E-state index contributed by atoms with van der Waals surface area (Å²) in [5, 5.41) is 2.12. The molecule has 1 aromatic carbocycles. The summed E-state index contributed by atoms with van der Waals surface area (Å²) in [5.74, 6) is -0.648. The van der Waals surface area contributed by atoms with Crippen LogP contribution >= 0.6 is 11.6 Å². The van der Waals surface area contributed by atoms with Crippen molar-refractivity contribution in [1.82, 2.24) is 0 Å². The molecule has 1 saturated carbocycles. The van der Waals surface area contributed by atoms with Gasteiger partial charge in [0.2, 0.25) is 5.91 Å². The van der Waals surface area contributed by atoms with Crippen molar-refractivity contribution >= 4 is 23.2 Å². The molecule has 25 heavy (non-hydrogen) atoms. The molecule has 138 valence electrons. The summed E-state index contributed by atoms with van der Waals surface area (Å²) >= 11 is 5.61. The van der Waals surface area contributed by atoms with E-state index in [1.165, 1.54) is 6.07 Å². The zero-order valence-electron chi connectivity index (χ0n) is 13.9. The van der Waals surface area contributed by atoms with Crippen LogP contribution in [-0.4, -0.2) is 24.2 Å².